The van der Waals surface area contributed by atoms with Crippen LogP contribution < -0.4 is 17.1 Å². The van der Waals surface area contributed by atoms with Crippen LogP contribution in [0, 0.1) is 0 Å². The predicted molar refractivity (Wildman–Crippen MR) is 107 cm³/mol. The lowest BCUT2D eigenvalue weighted by Crippen LogP contribution is -2.23. The third kappa shape index (κ3) is 3.49. The Morgan fingerprint density at radius 2 is 1.89 bits per heavy atom. The van der Waals surface area contributed by atoms with Crippen LogP contribution in [0.1, 0.15) is 11.1 Å². The lowest BCUT2D eigenvalue weighted by molar-refractivity contribution is 0.803. The van der Waals surface area contributed by atoms with Gasteiger partial charge in [-0.25, -0.2) is 16.4 Å². The zero-order valence-electron chi connectivity index (χ0n) is 14.6. The van der Waals surface area contributed by atoms with E-state index in [1.807, 2.05) is 23.2 Å². The van der Waals surface area contributed by atoms with Gasteiger partial charge in [-0.2, -0.15) is 0 Å². The number of amidine groups is 1. The SMILES string of the molecule is NN/N=C(\N)c1ccnc(-c2cn(Cc3cccc4ccccc34)cn2)c1. The van der Waals surface area contributed by atoms with Crippen molar-refractivity contribution in [3.05, 3.63) is 84.4 Å². The van der Waals surface area contributed by atoms with Crippen molar-refractivity contribution in [2.24, 2.45) is 16.7 Å². The first kappa shape index (κ1) is 16.7. The molecule has 0 bridgehead atoms. The molecule has 4 rings (SSSR count). The minimum absolute atomic E-state index is 0.288. The van der Waals surface area contributed by atoms with Crippen LogP contribution in [0.3, 0.4) is 0 Å². The number of nitrogens with one attached hydrogen (secondary N) is 1. The fourth-order valence-corrected chi connectivity index (χ4v) is 3.07. The quantitative estimate of drug-likeness (QED) is 0.220. The molecule has 0 aliphatic carbocycles. The van der Waals surface area contributed by atoms with Crippen LogP contribution in [-0.2, 0) is 6.54 Å². The highest BCUT2D eigenvalue weighted by Crippen LogP contribution is 2.21. The summed E-state index contributed by atoms with van der Waals surface area (Å²) in [4.78, 5) is 8.87. The van der Waals surface area contributed by atoms with Gasteiger partial charge in [0.25, 0.3) is 0 Å². The highest BCUT2D eigenvalue weighted by Gasteiger charge is 2.08. The molecule has 7 heteroatoms. The van der Waals surface area contributed by atoms with Crippen molar-refractivity contribution in [3.8, 4) is 11.4 Å². The van der Waals surface area contributed by atoms with Crippen molar-refractivity contribution < 1.29 is 0 Å². The molecule has 0 fully saturated rings. The molecule has 2 aromatic heterocycles. The first-order valence-electron chi connectivity index (χ1n) is 8.48. The third-order valence-corrected chi connectivity index (χ3v) is 4.37. The second kappa shape index (κ2) is 7.27. The van der Waals surface area contributed by atoms with Gasteiger partial charge in [-0.1, -0.05) is 42.5 Å². The molecule has 0 spiro atoms. The van der Waals surface area contributed by atoms with Crippen molar-refractivity contribution in [1.29, 1.82) is 0 Å². The van der Waals surface area contributed by atoms with Gasteiger partial charge in [-0.05, 0) is 28.5 Å². The van der Waals surface area contributed by atoms with Gasteiger partial charge in [-0.3, -0.25) is 4.98 Å². The zero-order chi connectivity index (χ0) is 18.6. The van der Waals surface area contributed by atoms with E-state index < -0.39 is 0 Å². The first-order chi connectivity index (χ1) is 13.2. The molecule has 0 aliphatic heterocycles. The summed E-state index contributed by atoms with van der Waals surface area (Å²) in [5, 5.41) is 6.26. The molecule has 0 unspecified atom stereocenters. The number of nitrogens with zero attached hydrogens (tertiary/aromatic N) is 4. The number of imidazole rings is 1. The standard InChI is InChI=1S/C20H19N7/c21-20(25-26-22)15-8-9-23-18(10-15)19-12-27(13-24-19)11-16-6-3-5-14-4-1-2-7-17(14)16/h1-10,12-13,26H,11,22H2,(H2,21,25). The largest absolute Gasteiger partial charge is 0.382 e. The summed E-state index contributed by atoms with van der Waals surface area (Å²) in [6, 6.07) is 18.3. The molecule has 0 radical (unpaired) electrons. The Balaban J connectivity index is 1.62. The maximum atomic E-state index is 5.87. The number of fused-ring (bicyclic) bond motifs is 1. The lowest BCUT2D eigenvalue weighted by atomic mass is 10.0. The summed E-state index contributed by atoms with van der Waals surface area (Å²) in [5.41, 5.74) is 11.5. The number of nitrogens with two attached hydrogens (primary N) is 2. The Labute approximate surface area is 156 Å². The first-order valence-corrected chi connectivity index (χ1v) is 8.48. The van der Waals surface area contributed by atoms with Crippen LogP contribution in [0.5, 0.6) is 0 Å². The Morgan fingerprint density at radius 3 is 2.78 bits per heavy atom. The number of hydrazone groups is 1. The molecule has 0 atom stereocenters. The minimum Gasteiger partial charge on any atom is -0.382 e. The highest BCUT2D eigenvalue weighted by atomic mass is 15.5. The number of hydrazine groups is 1. The second-order valence-electron chi connectivity index (χ2n) is 6.13. The molecule has 2 heterocycles. The van der Waals surface area contributed by atoms with E-state index in [0.29, 0.717) is 0 Å². The van der Waals surface area contributed by atoms with Gasteiger partial charge in [0.05, 0.1) is 12.0 Å². The van der Waals surface area contributed by atoms with Gasteiger partial charge in [-0.15, -0.1) is 5.10 Å². The van der Waals surface area contributed by atoms with Gasteiger partial charge in [0.1, 0.15) is 5.69 Å². The molecular weight excluding hydrogens is 338 g/mol. The van der Waals surface area contributed by atoms with Crippen LogP contribution in [0.15, 0.2) is 78.4 Å². The van der Waals surface area contributed by atoms with Crippen LogP contribution in [0.4, 0.5) is 0 Å². The number of rotatable bonds is 5. The van der Waals surface area contributed by atoms with E-state index in [1.54, 1.807) is 12.3 Å². The number of pyridine rings is 1. The smallest absolute Gasteiger partial charge is 0.152 e. The van der Waals surface area contributed by atoms with Gasteiger partial charge in [0.15, 0.2) is 5.84 Å². The molecule has 2 aromatic carbocycles. The van der Waals surface area contributed by atoms with Gasteiger partial charge >= 0.3 is 0 Å². The number of hydrogen-bond acceptors (Lipinski definition) is 5. The van der Waals surface area contributed by atoms with Gasteiger partial charge in [0.2, 0.25) is 0 Å². The molecule has 7 nitrogen and oxygen atoms in total. The summed E-state index contributed by atoms with van der Waals surface area (Å²) in [7, 11) is 0. The molecule has 4 aromatic rings. The lowest BCUT2D eigenvalue weighted by Gasteiger charge is -2.07. The summed E-state index contributed by atoms with van der Waals surface area (Å²) < 4.78 is 2.05. The monoisotopic (exact) mass is 357 g/mol. The predicted octanol–water partition coefficient (Wildman–Crippen LogP) is 2.23. The van der Waals surface area contributed by atoms with Crippen molar-refractivity contribution in [1.82, 2.24) is 20.1 Å². The van der Waals surface area contributed by atoms with E-state index in [0.717, 1.165) is 23.5 Å². The Hall–Kier alpha value is -3.71. The molecule has 5 N–H and O–H groups in total. The molecular formula is C20H19N7. The average Bonchev–Trinajstić information content (AvgIpc) is 3.17. The van der Waals surface area contributed by atoms with E-state index >= 15 is 0 Å². The van der Waals surface area contributed by atoms with Crippen molar-refractivity contribution in [2.45, 2.75) is 6.54 Å². The fourth-order valence-electron chi connectivity index (χ4n) is 3.07. The highest BCUT2D eigenvalue weighted by molar-refractivity contribution is 5.97. The van der Waals surface area contributed by atoms with E-state index in [9.17, 15) is 0 Å². The van der Waals surface area contributed by atoms with Gasteiger partial charge < -0.3 is 10.3 Å². The van der Waals surface area contributed by atoms with Crippen LogP contribution in [0.2, 0.25) is 0 Å². The van der Waals surface area contributed by atoms with E-state index in [2.05, 4.69) is 63.1 Å². The second-order valence-corrected chi connectivity index (χ2v) is 6.13. The fraction of sp³-hybridized carbons (Fsp3) is 0.0500. The molecule has 0 amide bonds. The zero-order valence-corrected chi connectivity index (χ0v) is 14.6. The molecule has 0 saturated heterocycles. The maximum absolute atomic E-state index is 5.87. The summed E-state index contributed by atoms with van der Waals surface area (Å²) in [5.74, 6) is 5.47. The minimum atomic E-state index is 0.288. The molecule has 0 saturated carbocycles. The van der Waals surface area contributed by atoms with Crippen molar-refractivity contribution in [2.75, 3.05) is 0 Å². The normalized spacial score (nSPS) is 11.7. The number of benzene rings is 2. The summed E-state index contributed by atoms with van der Waals surface area (Å²) in [6.07, 6.45) is 5.46. The summed E-state index contributed by atoms with van der Waals surface area (Å²) in [6.45, 7) is 0.731. The van der Waals surface area contributed by atoms with Crippen LogP contribution >= 0.6 is 0 Å². The summed E-state index contributed by atoms with van der Waals surface area (Å²) >= 11 is 0. The number of hydrogen-bond donors (Lipinski definition) is 3. The van der Waals surface area contributed by atoms with Crippen molar-refractivity contribution >= 4 is 16.6 Å². The Kier molecular flexibility index (Phi) is 4.51. The Bertz CT molecular complexity index is 1110. The Morgan fingerprint density at radius 1 is 1.04 bits per heavy atom. The number of aromatic nitrogens is 3. The molecule has 27 heavy (non-hydrogen) atoms. The average molecular weight is 357 g/mol. The van der Waals surface area contributed by atoms with E-state index in [4.69, 9.17) is 11.6 Å². The van der Waals surface area contributed by atoms with Crippen LogP contribution in [-0.4, -0.2) is 20.4 Å². The van der Waals surface area contributed by atoms with Crippen LogP contribution in [0.25, 0.3) is 22.2 Å². The van der Waals surface area contributed by atoms with Crippen molar-refractivity contribution in [3.63, 3.8) is 0 Å². The van der Waals surface area contributed by atoms with Gasteiger partial charge in [0, 0.05) is 24.5 Å². The molecule has 134 valence electrons. The topological polar surface area (TPSA) is 107 Å². The molecule has 0 aliphatic rings. The van der Waals surface area contributed by atoms with E-state index in [1.165, 1.54) is 16.3 Å². The maximum Gasteiger partial charge on any atom is 0.152 e. The van der Waals surface area contributed by atoms with E-state index in [-0.39, 0.29) is 5.84 Å². The third-order valence-electron chi connectivity index (χ3n) is 4.37.